The van der Waals surface area contributed by atoms with Gasteiger partial charge in [0.05, 0.1) is 17.5 Å². The molecule has 2 aromatic rings. The summed E-state index contributed by atoms with van der Waals surface area (Å²) in [6, 6.07) is 21.2. The number of sulfone groups is 1. The van der Waals surface area contributed by atoms with Crippen molar-refractivity contribution in [2.75, 3.05) is 37.7 Å². The van der Waals surface area contributed by atoms with E-state index >= 15 is 0 Å². The van der Waals surface area contributed by atoms with E-state index in [1.807, 2.05) is 17.0 Å². The summed E-state index contributed by atoms with van der Waals surface area (Å²) in [5, 5.41) is 0. The number of benzene rings is 2. The molecule has 0 radical (unpaired) electrons. The molecule has 2 aliphatic rings. The van der Waals surface area contributed by atoms with Crippen molar-refractivity contribution in [3.8, 4) is 0 Å². The minimum atomic E-state index is -2.93. The van der Waals surface area contributed by atoms with E-state index in [9.17, 15) is 13.2 Å². The molecule has 0 aliphatic carbocycles. The lowest BCUT2D eigenvalue weighted by Crippen LogP contribution is -2.50. The maximum atomic E-state index is 12.7. The second-order valence-corrected chi connectivity index (χ2v) is 10.3. The fourth-order valence-corrected chi connectivity index (χ4v) is 6.39. The molecular weight excluding hydrogens is 384 g/mol. The third kappa shape index (κ3) is 4.87. The summed E-state index contributed by atoms with van der Waals surface area (Å²) in [6.07, 6.45) is 0.984. The van der Waals surface area contributed by atoms with E-state index in [-0.39, 0.29) is 29.4 Å². The normalized spacial score (nSPS) is 22.1. The average molecular weight is 413 g/mol. The lowest BCUT2D eigenvalue weighted by Gasteiger charge is -2.40. The fraction of sp³-hybridized carbons (Fsp3) is 0.435. The van der Waals surface area contributed by atoms with Gasteiger partial charge in [-0.1, -0.05) is 60.7 Å². The molecule has 2 fully saturated rings. The summed E-state index contributed by atoms with van der Waals surface area (Å²) in [5.74, 6) is 0.492. The van der Waals surface area contributed by atoms with E-state index in [0.717, 1.165) is 13.1 Å². The first-order valence-corrected chi connectivity index (χ1v) is 12.2. The Kier molecular flexibility index (Phi) is 6.01. The molecule has 1 amide bonds. The zero-order valence-corrected chi connectivity index (χ0v) is 17.4. The van der Waals surface area contributed by atoms with Gasteiger partial charge in [-0.25, -0.2) is 8.42 Å². The van der Waals surface area contributed by atoms with Crippen molar-refractivity contribution in [2.24, 2.45) is 5.92 Å². The zero-order valence-electron chi connectivity index (χ0n) is 16.6. The van der Waals surface area contributed by atoms with Gasteiger partial charge in [0.1, 0.15) is 0 Å². The minimum Gasteiger partial charge on any atom is -0.340 e. The van der Waals surface area contributed by atoms with Gasteiger partial charge < -0.3 is 4.90 Å². The van der Waals surface area contributed by atoms with E-state index in [1.54, 1.807) is 0 Å². The molecule has 0 aromatic heterocycles. The second kappa shape index (κ2) is 8.67. The Morgan fingerprint density at radius 1 is 0.897 bits per heavy atom. The Labute approximate surface area is 173 Å². The van der Waals surface area contributed by atoms with Gasteiger partial charge in [-0.15, -0.1) is 0 Å². The van der Waals surface area contributed by atoms with Crippen molar-refractivity contribution in [3.05, 3.63) is 71.8 Å². The molecule has 0 saturated carbocycles. The highest BCUT2D eigenvalue weighted by atomic mass is 32.2. The Morgan fingerprint density at radius 3 is 1.93 bits per heavy atom. The third-order valence-corrected chi connectivity index (χ3v) is 7.89. The van der Waals surface area contributed by atoms with Crippen molar-refractivity contribution in [1.29, 1.82) is 0 Å². The number of amides is 1. The third-order valence-electron chi connectivity index (χ3n) is 6.05. The van der Waals surface area contributed by atoms with Crippen LogP contribution in [-0.2, 0) is 14.6 Å². The number of piperazine rings is 1. The predicted molar refractivity (Wildman–Crippen MR) is 114 cm³/mol. The first-order valence-electron chi connectivity index (χ1n) is 10.3. The molecule has 4 rings (SSSR count). The number of rotatable bonds is 5. The van der Waals surface area contributed by atoms with Gasteiger partial charge in [-0.3, -0.25) is 9.69 Å². The maximum absolute atomic E-state index is 12.7. The summed E-state index contributed by atoms with van der Waals surface area (Å²) in [7, 11) is -2.93. The molecule has 2 saturated heterocycles. The van der Waals surface area contributed by atoms with Gasteiger partial charge in [0.15, 0.2) is 9.84 Å². The van der Waals surface area contributed by atoms with Gasteiger partial charge >= 0.3 is 0 Å². The molecule has 5 nitrogen and oxygen atoms in total. The van der Waals surface area contributed by atoms with E-state index < -0.39 is 9.84 Å². The standard InChI is InChI=1S/C23H28N2O3S/c26-22(17-19-11-16-29(27,28)18-19)24-12-14-25(15-13-24)23(20-7-3-1-4-8-20)21-9-5-2-6-10-21/h1-10,19,23H,11-18H2/t19-/m0/s1. The minimum absolute atomic E-state index is 0.00749. The molecule has 0 spiro atoms. The average Bonchev–Trinajstić information content (AvgIpc) is 3.08. The van der Waals surface area contributed by atoms with Crippen molar-refractivity contribution < 1.29 is 13.2 Å². The van der Waals surface area contributed by atoms with Crippen LogP contribution in [0.2, 0.25) is 0 Å². The Hall–Kier alpha value is -2.18. The van der Waals surface area contributed by atoms with Crippen LogP contribution in [0.15, 0.2) is 60.7 Å². The van der Waals surface area contributed by atoms with Crippen LogP contribution in [0.5, 0.6) is 0 Å². The maximum Gasteiger partial charge on any atom is 0.222 e. The van der Waals surface area contributed by atoms with Crippen LogP contribution in [-0.4, -0.2) is 61.8 Å². The van der Waals surface area contributed by atoms with Crippen LogP contribution in [0.1, 0.15) is 30.0 Å². The number of carbonyl (C=O) groups is 1. The van der Waals surface area contributed by atoms with Crippen LogP contribution in [0, 0.1) is 5.92 Å². The number of nitrogens with zero attached hydrogens (tertiary/aromatic N) is 2. The molecule has 6 heteroatoms. The smallest absolute Gasteiger partial charge is 0.222 e. The van der Waals surface area contributed by atoms with E-state index in [0.29, 0.717) is 25.9 Å². The number of hydrogen-bond acceptors (Lipinski definition) is 4. The van der Waals surface area contributed by atoms with E-state index in [2.05, 4.69) is 53.4 Å². The SMILES string of the molecule is O=C(C[C@@H]1CCS(=O)(=O)C1)N1CCN(C(c2ccccc2)c2ccccc2)CC1. The highest BCUT2D eigenvalue weighted by molar-refractivity contribution is 7.91. The molecule has 154 valence electrons. The van der Waals surface area contributed by atoms with Gasteiger partial charge in [-0.05, 0) is 23.5 Å². The van der Waals surface area contributed by atoms with Crippen LogP contribution < -0.4 is 0 Å². The first kappa shape index (κ1) is 20.1. The van der Waals surface area contributed by atoms with Crippen molar-refractivity contribution in [1.82, 2.24) is 9.80 Å². The van der Waals surface area contributed by atoms with Crippen LogP contribution >= 0.6 is 0 Å². The summed E-state index contributed by atoms with van der Waals surface area (Å²) in [5.41, 5.74) is 2.52. The lowest BCUT2D eigenvalue weighted by molar-refractivity contribution is -0.134. The number of hydrogen-bond donors (Lipinski definition) is 0. The Balaban J connectivity index is 1.41. The second-order valence-electron chi connectivity index (χ2n) is 8.11. The van der Waals surface area contributed by atoms with Crippen molar-refractivity contribution in [2.45, 2.75) is 18.9 Å². The summed E-state index contributed by atoms with van der Waals surface area (Å²) in [4.78, 5) is 17.0. The molecule has 0 bridgehead atoms. The highest BCUT2D eigenvalue weighted by Gasteiger charge is 2.32. The summed E-state index contributed by atoms with van der Waals surface area (Å²) < 4.78 is 23.3. The Morgan fingerprint density at radius 2 is 1.45 bits per heavy atom. The molecule has 0 unspecified atom stereocenters. The molecular formula is C23H28N2O3S. The monoisotopic (exact) mass is 412 g/mol. The molecule has 1 atom stereocenters. The molecule has 29 heavy (non-hydrogen) atoms. The van der Waals surface area contributed by atoms with Gasteiger partial charge in [-0.2, -0.15) is 0 Å². The van der Waals surface area contributed by atoms with Crippen molar-refractivity contribution >= 4 is 15.7 Å². The number of carbonyl (C=O) groups excluding carboxylic acids is 1. The zero-order chi connectivity index (χ0) is 20.3. The van der Waals surface area contributed by atoms with Crippen LogP contribution in [0.25, 0.3) is 0 Å². The largest absolute Gasteiger partial charge is 0.340 e. The highest BCUT2D eigenvalue weighted by Crippen LogP contribution is 2.30. The fourth-order valence-electron chi connectivity index (χ4n) is 4.52. The molecule has 2 heterocycles. The lowest BCUT2D eigenvalue weighted by atomic mass is 9.96. The van der Waals surface area contributed by atoms with Gasteiger partial charge in [0.25, 0.3) is 0 Å². The van der Waals surface area contributed by atoms with Crippen LogP contribution in [0.4, 0.5) is 0 Å². The predicted octanol–water partition coefficient (Wildman–Crippen LogP) is 2.75. The Bertz CT molecular complexity index is 884. The quantitative estimate of drug-likeness (QED) is 0.758. The van der Waals surface area contributed by atoms with Gasteiger partial charge in [0, 0.05) is 32.6 Å². The van der Waals surface area contributed by atoms with E-state index in [4.69, 9.17) is 0 Å². The molecule has 2 aromatic carbocycles. The topological polar surface area (TPSA) is 57.7 Å². The van der Waals surface area contributed by atoms with E-state index in [1.165, 1.54) is 11.1 Å². The van der Waals surface area contributed by atoms with Crippen LogP contribution in [0.3, 0.4) is 0 Å². The summed E-state index contributed by atoms with van der Waals surface area (Å²) in [6.45, 7) is 3.00. The van der Waals surface area contributed by atoms with Gasteiger partial charge in [0.2, 0.25) is 5.91 Å². The first-order chi connectivity index (χ1) is 14.0. The van der Waals surface area contributed by atoms with Crippen molar-refractivity contribution in [3.63, 3.8) is 0 Å². The summed E-state index contributed by atoms with van der Waals surface area (Å²) >= 11 is 0. The molecule has 0 N–H and O–H groups in total. The molecule has 2 aliphatic heterocycles.